The van der Waals surface area contributed by atoms with Gasteiger partial charge < -0.3 is 5.11 Å². The summed E-state index contributed by atoms with van der Waals surface area (Å²) in [4.78, 5) is 20.3. The van der Waals surface area contributed by atoms with Gasteiger partial charge >= 0.3 is 5.97 Å². The van der Waals surface area contributed by atoms with Gasteiger partial charge in [-0.25, -0.2) is 4.79 Å². The smallest absolute Gasteiger partial charge is 0.328 e. The lowest BCUT2D eigenvalue weighted by Crippen LogP contribution is -1.92. The second-order valence-electron chi connectivity index (χ2n) is 2.97. The number of benzene rings is 1. The number of hydrogen-bond donors (Lipinski definition) is 1. The van der Waals surface area contributed by atoms with Gasteiger partial charge in [0.05, 0.1) is 4.92 Å². The molecule has 0 aliphatic heterocycles. The van der Waals surface area contributed by atoms with E-state index in [0.717, 1.165) is 6.08 Å². The van der Waals surface area contributed by atoms with E-state index >= 15 is 0 Å². The zero-order chi connectivity index (χ0) is 11.4. The van der Waals surface area contributed by atoms with E-state index < -0.39 is 10.9 Å². The minimum absolute atomic E-state index is 0.0301. The average Bonchev–Trinajstić information content (AvgIpc) is 2.14. The highest BCUT2D eigenvalue weighted by Crippen LogP contribution is 2.19. The third-order valence-corrected chi connectivity index (χ3v) is 1.84. The Balaban J connectivity index is 3.01. The van der Waals surface area contributed by atoms with Crippen LogP contribution in [0.15, 0.2) is 24.3 Å². The summed E-state index contributed by atoms with van der Waals surface area (Å²) in [5, 5.41) is 18.9. The molecule has 0 heterocycles. The molecule has 1 rings (SSSR count). The van der Waals surface area contributed by atoms with Gasteiger partial charge in [-0.05, 0) is 30.7 Å². The number of aliphatic carboxylic acids is 1. The number of nitro groups is 1. The van der Waals surface area contributed by atoms with Gasteiger partial charge in [-0.2, -0.15) is 0 Å². The van der Waals surface area contributed by atoms with E-state index in [-0.39, 0.29) is 5.69 Å². The summed E-state index contributed by atoms with van der Waals surface area (Å²) in [6, 6.07) is 4.43. The lowest BCUT2D eigenvalue weighted by molar-refractivity contribution is -0.385. The Hall–Kier alpha value is -2.17. The number of nitrogens with zero attached hydrogens (tertiary/aromatic N) is 1. The van der Waals surface area contributed by atoms with Crippen LogP contribution in [0.5, 0.6) is 0 Å². The van der Waals surface area contributed by atoms with Crippen molar-refractivity contribution in [3.63, 3.8) is 0 Å². The van der Waals surface area contributed by atoms with Gasteiger partial charge in [0, 0.05) is 17.7 Å². The first-order valence-electron chi connectivity index (χ1n) is 4.17. The predicted octanol–water partition coefficient (Wildman–Crippen LogP) is 2.00. The number of nitro benzene ring substituents is 1. The molecule has 1 aromatic carbocycles. The Kier molecular flexibility index (Phi) is 3.17. The molecule has 1 aromatic rings. The molecule has 0 aliphatic rings. The maximum absolute atomic E-state index is 10.5. The first-order valence-corrected chi connectivity index (χ1v) is 4.17. The van der Waals surface area contributed by atoms with Gasteiger partial charge in [0.2, 0.25) is 0 Å². The highest BCUT2D eigenvalue weighted by Gasteiger charge is 2.08. The first kappa shape index (κ1) is 10.9. The molecule has 0 amide bonds. The van der Waals surface area contributed by atoms with E-state index in [0.29, 0.717) is 11.1 Å². The molecule has 0 saturated heterocycles. The van der Waals surface area contributed by atoms with Crippen molar-refractivity contribution >= 4 is 17.7 Å². The summed E-state index contributed by atoms with van der Waals surface area (Å²) in [6.07, 6.45) is 2.37. The number of aryl methyl sites for hydroxylation is 1. The van der Waals surface area contributed by atoms with E-state index in [4.69, 9.17) is 5.11 Å². The highest BCUT2D eigenvalue weighted by molar-refractivity contribution is 5.85. The largest absolute Gasteiger partial charge is 0.478 e. The van der Waals surface area contributed by atoms with E-state index in [9.17, 15) is 14.9 Å². The second-order valence-corrected chi connectivity index (χ2v) is 2.97. The van der Waals surface area contributed by atoms with E-state index in [2.05, 4.69) is 0 Å². The molecule has 1 N–H and O–H groups in total. The monoisotopic (exact) mass is 207 g/mol. The number of rotatable bonds is 3. The van der Waals surface area contributed by atoms with Crippen LogP contribution >= 0.6 is 0 Å². The molecular weight excluding hydrogens is 198 g/mol. The molecular formula is C10H9NO4. The van der Waals surface area contributed by atoms with Gasteiger partial charge in [-0.15, -0.1) is 0 Å². The fraction of sp³-hybridized carbons (Fsp3) is 0.100. The molecule has 0 radical (unpaired) electrons. The summed E-state index contributed by atoms with van der Waals surface area (Å²) >= 11 is 0. The van der Waals surface area contributed by atoms with Crippen molar-refractivity contribution < 1.29 is 14.8 Å². The molecule has 5 heteroatoms. The summed E-state index contributed by atoms with van der Waals surface area (Å²) in [5.74, 6) is -1.05. The summed E-state index contributed by atoms with van der Waals surface area (Å²) < 4.78 is 0. The van der Waals surface area contributed by atoms with E-state index in [1.54, 1.807) is 13.0 Å². The molecule has 0 bridgehead atoms. The molecule has 0 atom stereocenters. The van der Waals surface area contributed by atoms with Crippen LogP contribution in [0.2, 0.25) is 0 Å². The van der Waals surface area contributed by atoms with Crippen LogP contribution in [-0.4, -0.2) is 16.0 Å². The SMILES string of the molecule is Cc1cc(C=CC(=O)O)ccc1[N+](=O)[O-]. The second kappa shape index (κ2) is 4.36. The Morgan fingerprint density at radius 3 is 2.67 bits per heavy atom. The molecule has 0 unspecified atom stereocenters. The molecule has 0 aromatic heterocycles. The maximum atomic E-state index is 10.5. The molecule has 15 heavy (non-hydrogen) atoms. The topological polar surface area (TPSA) is 80.4 Å². The first-order chi connectivity index (χ1) is 7.00. The third-order valence-electron chi connectivity index (χ3n) is 1.84. The van der Waals surface area contributed by atoms with Crippen molar-refractivity contribution in [2.45, 2.75) is 6.92 Å². The van der Waals surface area contributed by atoms with Crippen LogP contribution in [0.3, 0.4) is 0 Å². The zero-order valence-corrected chi connectivity index (χ0v) is 8.01. The van der Waals surface area contributed by atoms with Gasteiger partial charge in [-0.1, -0.05) is 0 Å². The molecule has 0 saturated carbocycles. The fourth-order valence-corrected chi connectivity index (χ4v) is 1.15. The van der Waals surface area contributed by atoms with Crippen LogP contribution in [0, 0.1) is 17.0 Å². The molecule has 0 aliphatic carbocycles. The van der Waals surface area contributed by atoms with Crippen molar-refractivity contribution in [3.8, 4) is 0 Å². The van der Waals surface area contributed by atoms with Crippen molar-refractivity contribution in [2.75, 3.05) is 0 Å². The quantitative estimate of drug-likeness (QED) is 0.467. The van der Waals surface area contributed by atoms with E-state index in [1.807, 2.05) is 0 Å². The van der Waals surface area contributed by atoms with Gasteiger partial charge in [0.15, 0.2) is 0 Å². The number of carbonyl (C=O) groups is 1. The van der Waals surface area contributed by atoms with Crippen LogP contribution in [0.4, 0.5) is 5.69 Å². The van der Waals surface area contributed by atoms with Crippen molar-refractivity contribution in [3.05, 3.63) is 45.5 Å². The summed E-state index contributed by atoms with van der Waals surface area (Å²) in [6.45, 7) is 1.61. The van der Waals surface area contributed by atoms with E-state index in [1.165, 1.54) is 18.2 Å². The molecule has 0 spiro atoms. The van der Waals surface area contributed by atoms with Crippen LogP contribution in [0.1, 0.15) is 11.1 Å². The average molecular weight is 207 g/mol. The number of hydrogen-bond acceptors (Lipinski definition) is 3. The predicted molar refractivity (Wildman–Crippen MR) is 54.5 cm³/mol. The lowest BCUT2D eigenvalue weighted by atomic mass is 10.1. The Morgan fingerprint density at radius 2 is 2.20 bits per heavy atom. The fourth-order valence-electron chi connectivity index (χ4n) is 1.15. The van der Waals surface area contributed by atoms with Crippen LogP contribution in [0.25, 0.3) is 6.08 Å². The highest BCUT2D eigenvalue weighted by atomic mass is 16.6. The van der Waals surface area contributed by atoms with Crippen molar-refractivity contribution in [1.82, 2.24) is 0 Å². The van der Waals surface area contributed by atoms with Crippen LogP contribution in [-0.2, 0) is 4.79 Å². The normalized spacial score (nSPS) is 10.5. The Bertz CT molecular complexity index is 437. The summed E-state index contributed by atoms with van der Waals surface area (Å²) in [7, 11) is 0. The molecule has 78 valence electrons. The van der Waals surface area contributed by atoms with Crippen molar-refractivity contribution in [2.24, 2.45) is 0 Å². The van der Waals surface area contributed by atoms with Gasteiger partial charge in [0.25, 0.3) is 5.69 Å². The maximum Gasteiger partial charge on any atom is 0.328 e. The number of carboxylic acids is 1. The minimum atomic E-state index is -1.05. The van der Waals surface area contributed by atoms with Gasteiger partial charge in [-0.3, -0.25) is 10.1 Å². The van der Waals surface area contributed by atoms with Crippen molar-refractivity contribution in [1.29, 1.82) is 0 Å². The zero-order valence-electron chi connectivity index (χ0n) is 8.01. The van der Waals surface area contributed by atoms with Gasteiger partial charge in [0.1, 0.15) is 0 Å². The third kappa shape index (κ3) is 2.91. The standard InChI is InChI=1S/C10H9NO4/c1-7-6-8(3-5-10(12)13)2-4-9(7)11(14)15/h2-6H,1H3,(H,12,13). The molecule has 5 nitrogen and oxygen atoms in total. The summed E-state index contributed by atoms with van der Waals surface area (Å²) in [5.41, 5.74) is 1.16. The Morgan fingerprint density at radius 1 is 1.53 bits per heavy atom. The Labute approximate surface area is 85.8 Å². The number of carboxylic acid groups (broad SMARTS) is 1. The molecule has 0 fully saturated rings. The lowest BCUT2D eigenvalue weighted by Gasteiger charge is -1.98. The minimum Gasteiger partial charge on any atom is -0.478 e. The van der Waals surface area contributed by atoms with Crippen LogP contribution < -0.4 is 0 Å².